The van der Waals surface area contributed by atoms with Crippen LogP contribution < -0.4 is 5.32 Å². The molecule has 0 radical (unpaired) electrons. The summed E-state index contributed by atoms with van der Waals surface area (Å²) in [6.07, 6.45) is 4.81. The van der Waals surface area contributed by atoms with Crippen molar-refractivity contribution in [3.05, 3.63) is 15.9 Å². The van der Waals surface area contributed by atoms with Gasteiger partial charge in [-0.05, 0) is 55.1 Å². The third-order valence-electron chi connectivity index (χ3n) is 4.23. The van der Waals surface area contributed by atoms with Gasteiger partial charge >= 0.3 is 0 Å². The second kappa shape index (κ2) is 7.05. The van der Waals surface area contributed by atoms with E-state index in [1.807, 2.05) is 14.2 Å². The van der Waals surface area contributed by atoms with E-state index in [2.05, 4.69) is 44.9 Å². The zero-order valence-electron chi connectivity index (χ0n) is 12.9. The fourth-order valence-electron chi connectivity index (χ4n) is 2.91. The lowest BCUT2D eigenvalue weighted by atomic mass is 10.0. The van der Waals surface area contributed by atoms with Crippen molar-refractivity contribution in [3.8, 4) is 0 Å². The quantitative estimate of drug-likeness (QED) is 0.788. The molecule has 1 fully saturated rings. The monoisotopic (exact) mass is 343 g/mol. The molecule has 1 saturated carbocycles. The maximum absolute atomic E-state index is 5.74. The summed E-state index contributed by atoms with van der Waals surface area (Å²) in [5, 5.41) is 8.12. The van der Waals surface area contributed by atoms with Crippen LogP contribution in [-0.4, -0.2) is 36.1 Å². The highest BCUT2D eigenvalue weighted by Crippen LogP contribution is 2.36. The first-order valence-electron chi connectivity index (χ1n) is 7.60. The van der Waals surface area contributed by atoms with Crippen LogP contribution in [-0.2, 0) is 24.1 Å². The van der Waals surface area contributed by atoms with Gasteiger partial charge in [-0.15, -0.1) is 0 Å². The van der Waals surface area contributed by atoms with E-state index in [0.29, 0.717) is 12.1 Å². The van der Waals surface area contributed by atoms with Crippen LogP contribution in [0.25, 0.3) is 0 Å². The summed E-state index contributed by atoms with van der Waals surface area (Å²) in [6.45, 7) is 5.20. The Labute approximate surface area is 130 Å². The number of nitrogens with one attached hydrogen (secondary N) is 1. The average Bonchev–Trinajstić information content (AvgIpc) is 3.25. The number of nitrogens with zero attached hydrogens (tertiary/aromatic N) is 2. The van der Waals surface area contributed by atoms with Crippen LogP contribution in [0.1, 0.15) is 38.1 Å². The number of hydrogen-bond donors (Lipinski definition) is 1. The Bertz CT molecular complexity index is 443. The van der Waals surface area contributed by atoms with Crippen molar-refractivity contribution in [3.63, 3.8) is 0 Å². The summed E-state index contributed by atoms with van der Waals surface area (Å²) in [6, 6.07) is 0.343. The van der Waals surface area contributed by atoms with Crippen molar-refractivity contribution in [2.45, 2.75) is 58.2 Å². The summed E-state index contributed by atoms with van der Waals surface area (Å²) in [7, 11) is 3.86. The van der Waals surface area contributed by atoms with Gasteiger partial charge in [0.1, 0.15) is 0 Å². The number of ether oxygens (including phenoxy) is 1. The van der Waals surface area contributed by atoms with E-state index in [1.54, 1.807) is 0 Å². The summed E-state index contributed by atoms with van der Waals surface area (Å²) in [4.78, 5) is 0. The SMILES string of the molecule is CCc1nn(CC)c(CC(NC)C(OC)C2CC2)c1Br. The molecule has 2 unspecified atom stereocenters. The Morgan fingerprint density at radius 1 is 1.45 bits per heavy atom. The van der Waals surface area contributed by atoms with Crippen molar-refractivity contribution in [1.29, 1.82) is 0 Å². The standard InChI is InChI=1S/C15H26BrN3O/c1-5-11-14(16)13(19(6-2)18-11)9-12(17-3)15(20-4)10-7-8-10/h10,12,15,17H,5-9H2,1-4H3. The second-order valence-corrected chi connectivity index (χ2v) is 6.31. The molecule has 114 valence electrons. The number of aryl methyl sites for hydroxylation is 2. The molecule has 2 atom stereocenters. The molecule has 0 bridgehead atoms. The largest absolute Gasteiger partial charge is 0.380 e. The number of aromatic nitrogens is 2. The highest BCUT2D eigenvalue weighted by molar-refractivity contribution is 9.10. The highest BCUT2D eigenvalue weighted by atomic mass is 79.9. The Balaban J connectivity index is 2.19. The minimum atomic E-state index is 0.303. The first-order valence-corrected chi connectivity index (χ1v) is 8.39. The van der Waals surface area contributed by atoms with Gasteiger partial charge in [-0.25, -0.2) is 0 Å². The molecule has 1 N–H and O–H groups in total. The van der Waals surface area contributed by atoms with Gasteiger partial charge < -0.3 is 10.1 Å². The zero-order valence-corrected chi connectivity index (χ0v) is 14.5. The summed E-state index contributed by atoms with van der Waals surface area (Å²) in [5.41, 5.74) is 2.43. The van der Waals surface area contributed by atoms with Crippen LogP contribution in [0.15, 0.2) is 4.47 Å². The average molecular weight is 344 g/mol. The van der Waals surface area contributed by atoms with Gasteiger partial charge in [0.2, 0.25) is 0 Å². The molecule has 1 heterocycles. The second-order valence-electron chi connectivity index (χ2n) is 5.51. The van der Waals surface area contributed by atoms with Crippen LogP contribution in [0.2, 0.25) is 0 Å². The molecule has 1 aliphatic rings. The van der Waals surface area contributed by atoms with Crippen molar-refractivity contribution < 1.29 is 4.74 Å². The topological polar surface area (TPSA) is 39.1 Å². The number of likely N-dealkylation sites (N-methyl/N-ethyl adjacent to an activating group) is 1. The fraction of sp³-hybridized carbons (Fsp3) is 0.800. The van der Waals surface area contributed by atoms with Gasteiger partial charge in [0, 0.05) is 26.1 Å². The predicted molar refractivity (Wildman–Crippen MR) is 85.1 cm³/mol. The van der Waals surface area contributed by atoms with Crippen LogP contribution in [0, 0.1) is 5.92 Å². The van der Waals surface area contributed by atoms with Crippen LogP contribution in [0.5, 0.6) is 0 Å². The van der Waals surface area contributed by atoms with E-state index in [-0.39, 0.29) is 0 Å². The van der Waals surface area contributed by atoms with E-state index < -0.39 is 0 Å². The number of methoxy groups -OCH3 is 1. The molecule has 4 nitrogen and oxygen atoms in total. The molecular weight excluding hydrogens is 318 g/mol. The van der Waals surface area contributed by atoms with Gasteiger partial charge in [-0.3, -0.25) is 4.68 Å². The minimum absolute atomic E-state index is 0.303. The molecule has 0 spiro atoms. The normalized spacial score (nSPS) is 18.2. The van der Waals surface area contributed by atoms with Gasteiger partial charge in [0.15, 0.2) is 0 Å². The first kappa shape index (κ1) is 16.0. The number of hydrogen-bond acceptors (Lipinski definition) is 3. The van der Waals surface area contributed by atoms with Crippen molar-refractivity contribution in [1.82, 2.24) is 15.1 Å². The van der Waals surface area contributed by atoms with Crippen molar-refractivity contribution in [2.24, 2.45) is 5.92 Å². The highest BCUT2D eigenvalue weighted by Gasteiger charge is 2.37. The molecule has 20 heavy (non-hydrogen) atoms. The van der Waals surface area contributed by atoms with E-state index in [9.17, 15) is 0 Å². The fourth-order valence-corrected chi connectivity index (χ4v) is 3.64. The molecule has 0 saturated heterocycles. The van der Waals surface area contributed by atoms with Crippen molar-refractivity contribution in [2.75, 3.05) is 14.2 Å². The van der Waals surface area contributed by atoms with Gasteiger partial charge in [0.05, 0.1) is 22.0 Å². The number of rotatable bonds is 8. The zero-order chi connectivity index (χ0) is 14.7. The third kappa shape index (κ3) is 3.26. The summed E-state index contributed by atoms with van der Waals surface area (Å²) < 4.78 is 9.03. The molecule has 0 aliphatic heterocycles. The van der Waals surface area contributed by atoms with Gasteiger partial charge in [-0.1, -0.05) is 6.92 Å². The molecule has 1 aliphatic carbocycles. The lowest BCUT2D eigenvalue weighted by Crippen LogP contribution is -2.42. The van der Waals surface area contributed by atoms with Gasteiger partial charge in [-0.2, -0.15) is 5.10 Å². The minimum Gasteiger partial charge on any atom is -0.380 e. The van der Waals surface area contributed by atoms with E-state index in [4.69, 9.17) is 4.74 Å². The first-order chi connectivity index (χ1) is 9.65. The Morgan fingerprint density at radius 2 is 2.15 bits per heavy atom. The van der Waals surface area contributed by atoms with Crippen LogP contribution in [0.4, 0.5) is 0 Å². The summed E-state index contributed by atoms with van der Waals surface area (Å²) >= 11 is 3.73. The third-order valence-corrected chi connectivity index (χ3v) is 5.15. The molecule has 1 aromatic rings. The predicted octanol–water partition coefficient (Wildman–Crippen LogP) is 2.78. The van der Waals surface area contributed by atoms with E-state index >= 15 is 0 Å². The molecular formula is C15H26BrN3O. The maximum atomic E-state index is 5.74. The lowest BCUT2D eigenvalue weighted by molar-refractivity contribution is 0.0528. The Morgan fingerprint density at radius 3 is 2.60 bits per heavy atom. The lowest BCUT2D eigenvalue weighted by Gasteiger charge is -2.26. The maximum Gasteiger partial charge on any atom is 0.0766 e. The van der Waals surface area contributed by atoms with Crippen LogP contribution in [0.3, 0.4) is 0 Å². The smallest absolute Gasteiger partial charge is 0.0766 e. The molecule has 5 heteroatoms. The van der Waals surface area contributed by atoms with E-state index in [0.717, 1.165) is 31.0 Å². The molecule has 0 aromatic carbocycles. The molecule has 2 rings (SSSR count). The summed E-state index contributed by atoms with van der Waals surface area (Å²) in [5.74, 6) is 0.722. The Hall–Kier alpha value is -0.390. The Kier molecular flexibility index (Phi) is 5.64. The van der Waals surface area contributed by atoms with Gasteiger partial charge in [0.25, 0.3) is 0 Å². The molecule has 1 aromatic heterocycles. The van der Waals surface area contributed by atoms with E-state index in [1.165, 1.54) is 23.0 Å². The van der Waals surface area contributed by atoms with Crippen molar-refractivity contribution >= 4 is 15.9 Å². The molecule has 0 amide bonds. The van der Waals surface area contributed by atoms with Crippen LogP contribution >= 0.6 is 15.9 Å². The number of halogens is 1.